The first-order valence-corrected chi connectivity index (χ1v) is 10.7. The number of nitrogens with zero attached hydrogens (tertiary/aromatic N) is 3. The quantitative estimate of drug-likeness (QED) is 0.605. The number of amides is 1. The van der Waals surface area contributed by atoms with Gasteiger partial charge in [0.05, 0.1) is 0 Å². The predicted molar refractivity (Wildman–Crippen MR) is 122 cm³/mol. The van der Waals surface area contributed by atoms with Gasteiger partial charge in [0.15, 0.2) is 0 Å². The third-order valence-electron chi connectivity index (χ3n) is 5.87. The highest BCUT2D eigenvalue weighted by Crippen LogP contribution is 2.27. The number of hydrogen-bond donors (Lipinski definition) is 0. The first-order valence-electron chi connectivity index (χ1n) is 10.7. The minimum atomic E-state index is 0.0927. The molecular weight excluding hydrogens is 370 g/mol. The predicted octanol–water partition coefficient (Wildman–Crippen LogP) is 5.01. The molecule has 30 heavy (non-hydrogen) atoms. The van der Waals surface area contributed by atoms with E-state index in [1.54, 1.807) is 0 Å². The Balaban J connectivity index is 1.53. The van der Waals surface area contributed by atoms with Crippen LogP contribution in [0, 0.1) is 13.8 Å². The second-order valence-electron chi connectivity index (χ2n) is 8.24. The molecule has 0 N–H and O–H groups in total. The van der Waals surface area contributed by atoms with E-state index in [0.29, 0.717) is 0 Å². The molecule has 1 fully saturated rings. The standard InChI is InChI=1S/C26H29N3O/c1-20-6-8-24(9-7-20)29(26(30)23-5-3-4-21(2)18-23)25-12-16-28(17-13-25)19-22-10-14-27-15-11-22/h3-11,14-15,18,25H,12-13,16-17,19H2,1-2H3. The van der Waals surface area contributed by atoms with Crippen LogP contribution in [0.1, 0.15) is 39.9 Å². The maximum atomic E-state index is 13.6. The lowest BCUT2D eigenvalue weighted by Crippen LogP contribution is -2.47. The Morgan fingerprint density at radius 1 is 0.967 bits per heavy atom. The summed E-state index contributed by atoms with van der Waals surface area (Å²) in [7, 11) is 0. The average Bonchev–Trinajstić information content (AvgIpc) is 2.77. The molecule has 4 nitrogen and oxygen atoms in total. The summed E-state index contributed by atoms with van der Waals surface area (Å²) in [5.41, 5.74) is 5.34. The highest BCUT2D eigenvalue weighted by Gasteiger charge is 2.30. The number of anilines is 1. The lowest BCUT2D eigenvalue weighted by molar-refractivity contribution is 0.0958. The zero-order chi connectivity index (χ0) is 20.9. The van der Waals surface area contributed by atoms with Gasteiger partial charge < -0.3 is 4.90 Å². The van der Waals surface area contributed by atoms with Crippen molar-refractivity contribution in [3.63, 3.8) is 0 Å². The normalized spacial score (nSPS) is 15.1. The molecule has 1 aliphatic heterocycles. The Hall–Kier alpha value is -2.98. The third-order valence-corrected chi connectivity index (χ3v) is 5.87. The van der Waals surface area contributed by atoms with Crippen LogP contribution in [0.5, 0.6) is 0 Å². The Labute approximate surface area is 179 Å². The van der Waals surface area contributed by atoms with Crippen LogP contribution in [0.4, 0.5) is 5.69 Å². The third kappa shape index (κ3) is 4.77. The summed E-state index contributed by atoms with van der Waals surface area (Å²) in [5, 5.41) is 0. The van der Waals surface area contributed by atoms with Gasteiger partial charge in [-0.2, -0.15) is 0 Å². The summed E-state index contributed by atoms with van der Waals surface area (Å²) >= 11 is 0. The molecule has 1 saturated heterocycles. The van der Waals surface area contributed by atoms with Gasteiger partial charge in [-0.25, -0.2) is 0 Å². The number of aromatic nitrogens is 1. The van der Waals surface area contributed by atoms with Crippen molar-refractivity contribution in [3.05, 3.63) is 95.3 Å². The van der Waals surface area contributed by atoms with Crippen LogP contribution in [-0.2, 0) is 6.54 Å². The van der Waals surface area contributed by atoms with Crippen LogP contribution >= 0.6 is 0 Å². The smallest absolute Gasteiger partial charge is 0.258 e. The second-order valence-corrected chi connectivity index (χ2v) is 8.24. The Morgan fingerprint density at radius 3 is 2.33 bits per heavy atom. The molecule has 2 heterocycles. The SMILES string of the molecule is Cc1ccc(N(C(=O)c2cccc(C)c2)C2CCN(Cc3ccncc3)CC2)cc1. The van der Waals surface area contributed by atoms with E-state index in [9.17, 15) is 4.79 Å². The fourth-order valence-corrected chi connectivity index (χ4v) is 4.20. The molecule has 154 valence electrons. The molecule has 0 bridgehead atoms. The summed E-state index contributed by atoms with van der Waals surface area (Å²) < 4.78 is 0. The highest BCUT2D eigenvalue weighted by molar-refractivity contribution is 6.06. The van der Waals surface area contributed by atoms with Crippen molar-refractivity contribution in [1.29, 1.82) is 0 Å². The Bertz CT molecular complexity index is 977. The number of carbonyl (C=O) groups is 1. The molecule has 0 unspecified atom stereocenters. The number of aryl methyl sites for hydroxylation is 2. The Kier molecular flexibility index (Phi) is 6.24. The number of hydrogen-bond acceptors (Lipinski definition) is 3. The van der Waals surface area contributed by atoms with Crippen LogP contribution in [0.25, 0.3) is 0 Å². The number of rotatable bonds is 5. The summed E-state index contributed by atoms with van der Waals surface area (Å²) in [4.78, 5) is 22.2. The van der Waals surface area contributed by atoms with E-state index in [2.05, 4.69) is 53.2 Å². The van der Waals surface area contributed by atoms with Crippen molar-refractivity contribution in [2.45, 2.75) is 39.3 Å². The van der Waals surface area contributed by atoms with Gasteiger partial charge in [0.25, 0.3) is 5.91 Å². The molecule has 4 rings (SSSR count). The van der Waals surface area contributed by atoms with Gasteiger partial charge in [-0.15, -0.1) is 0 Å². The van der Waals surface area contributed by atoms with Crippen LogP contribution in [0.2, 0.25) is 0 Å². The Morgan fingerprint density at radius 2 is 1.67 bits per heavy atom. The van der Waals surface area contributed by atoms with Crippen molar-refractivity contribution >= 4 is 11.6 Å². The summed E-state index contributed by atoms with van der Waals surface area (Å²) in [6.07, 6.45) is 5.64. The molecule has 0 saturated carbocycles. The average molecular weight is 400 g/mol. The van der Waals surface area contributed by atoms with E-state index in [-0.39, 0.29) is 11.9 Å². The van der Waals surface area contributed by atoms with Crippen molar-refractivity contribution < 1.29 is 4.79 Å². The maximum absolute atomic E-state index is 13.6. The summed E-state index contributed by atoms with van der Waals surface area (Å²) in [6, 6.07) is 20.6. The molecule has 1 aromatic heterocycles. The van der Waals surface area contributed by atoms with E-state index in [0.717, 1.165) is 49.3 Å². The minimum absolute atomic E-state index is 0.0927. The van der Waals surface area contributed by atoms with Crippen LogP contribution in [0.3, 0.4) is 0 Å². The topological polar surface area (TPSA) is 36.4 Å². The molecule has 4 heteroatoms. The van der Waals surface area contributed by atoms with E-state index in [1.165, 1.54) is 11.1 Å². The zero-order valence-electron chi connectivity index (χ0n) is 17.8. The van der Waals surface area contributed by atoms with Crippen LogP contribution < -0.4 is 4.90 Å². The first kappa shape index (κ1) is 20.3. The lowest BCUT2D eigenvalue weighted by Gasteiger charge is -2.38. The fourth-order valence-electron chi connectivity index (χ4n) is 4.20. The number of carbonyl (C=O) groups excluding carboxylic acids is 1. The van der Waals surface area contributed by atoms with Crippen LogP contribution in [0.15, 0.2) is 73.1 Å². The van der Waals surface area contributed by atoms with Gasteiger partial charge >= 0.3 is 0 Å². The molecule has 0 atom stereocenters. The van der Waals surface area contributed by atoms with Gasteiger partial charge in [-0.3, -0.25) is 14.7 Å². The van der Waals surface area contributed by atoms with Gasteiger partial charge in [-0.1, -0.05) is 35.4 Å². The van der Waals surface area contributed by atoms with E-state index < -0.39 is 0 Å². The molecule has 1 amide bonds. The van der Waals surface area contributed by atoms with Crippen molar-refractivity contribution in [1.82, 2.24) is 9.88 Å². The van der Waals surface area contributed by atoms with Crippen molar-refractivity contribution in [2.24, 2.45) is 0 Å². The lowest BCUT2D eigenvalue weighted by atomic mass is 9.99. The molecule has 3 aromatic rings. The molecular formula is C26H29N3O. The first-order chi connectivity index (χ1) is 14.6. The molecule has 1 aliphatic rings. The molecule has 0 spiro atoms. The van der Waals surface area contributed by atoms with Gasteiger partial charge in [0.1, 0.15) is 0 Å². The van der Waals surface area contributed by atoms with E-state index in [1.807, 2.05) is 48.5 Å². The highest BCUT2D eigenvalue weighted by atomic mass is 16.2. The van der Waals surface area contributed by atoms with Crippen molar-refractivity contribution in [3.8, 4) is 0 Å². The molecule has 0 aliphatic carbocycles. The number of pyridine rings is 1. The largest absolute Gasteiger partial charge is 0.305 e. The number of piperidine rings is 1. The second kappa shape index (κ2) is 9.23. The van der Waals surface area contributed by atoms with Gasteiger partial charge in [-0.05, 0) is 68.7 Å². The van der Waals surface area contributed by atoms with Crippen molar-refractivity contribution in [2.75, 3.05) is 18.0 Å². The molecule has 0 radical (unpaired) electrons. The molecule has 2 aromatic carbocycles. The van der Waals surface area contributed by atoms with E-state index in [4.69, 9.17) is 0 Å². The van der Waals surface area contributed by atoms with Gasteiger partial charge in [0, 0.05) is 49.3 Å². The fraction of sp³-hybridized carbons (Fsp3) is 0.308. The minimum Gasteiger partial charge on any atom is -0.305 e. The summed E-state index contributed by atoms with van der Waals surface area (Å²) in [6.45, 7) is 7.01. The van der Waals surface area contributed by atoms with E-state index >= 15 is 0 Å². The number of benzene rings is 2. The number of likely N-dealkylation sites (tertiary alicyclic amines) is 1. The maximum Gasteiger partial charge on any atom is 0.258 e. The zero-order valence-corrected chi connectivity index (χ0v) is 17.8. The monoisotopic (exact) mass is 399 g/mol. The van der Waals surface area contributed by atoms with Gasteiger partial charge in [0.2, 0.25) is 0 Å². The van der Waals surface area contributed by atoms with Crippen LogP contribution in [-0.4, -0.2) is 34.9 Å². The summed E-state index contributed by atoms with van der Waals surface area (Å²) in [5.74, 6) is 0.0927.